The van der Waals surface area contributed by atoms with E-state index in [4.69, 9.17) is 5.26 Å². The Morgan fingerprint density at radius 1 is 1.09 bits per heavy atom. The number of aromatic nitrogens is 3. The minimum absolute atomic E-state index is 0.0537. The highest BCUT2D eigenvalue weighted by Gasteiger charge is 2.35. The lowest BCUT2D eigenvalue weighted by Crippen LogP contribution is -2.13. The number of rotatable bonds is 1. The lowest BCUT2D eigenvalue weighted by molar-refractivity contribution is -0.142. The van der Waals surface area contributed by atoms with Crippen LogP contribution in [0, 0.1) is 23.0 Å². The van der Waals surface area contributed by atoms with Gasteiger partial charge < -0.3 is 0 Å². The second kappa shape index (κ2) is 5.01. The number of benzene rings is 1. The molecule has 0 amide bonds. The van der Waals surface area contributed by atoms with Gasteiger partial charge in [0.05, 0.1) is 11.9 Å². The summed E-state index contributed by atoms with van der Waals surface area (Å²) in [6.45, 7) is 0. The van der Waals surface area contributed by atoms with Gasteiger partial charge in [0.2, 0.25) is 0 Å². The minimum Gasteiger partial charge on any atom is -0.227 e. The smallest absolute Gasteiger partial charge is 0.227 e. The zero-order valence-electron chi connectivity index (χ0n) is 11.1. The Morgan fingerprint density at radius 2 is 1.83 bits per heavy atom. The van der Waals surface area contributed by atoms with Crippen LogP contribution in [-0.2, 0) is 6.18 Å². The molecule has 1 aromatic carbocycles. The molecule has 0 bridgehead atoms. The maximum Gasteiger partial charge on any atom is 0.433 e. The molecular formula is C14H5F5N4. The van der Waals surface area contributed by atoms with Gasteiger partial charge in [-0.3, -0.25) is 0 Å². The standard InChI is InChI=1S/C14H5F5N4/c15-9-2-1-7(3-10(9)16)11-4-12(14(17,18)19)23-13(22-11)8(5-20)6-21-23/h1-4,6H. The second-order valence-corrected chi connectivity index (χ2v) is 4.56. The second-order valence-electron chi connectivity index (χ2n) is 4.56. The molecule has 3 aromatic rings. The predicted octanol–water partition coefficient (Wildman–Crippen LogP) is 3.56. The SMILES string of the molecule is N#Cc1cnn2c(C(F)(F)F)cc(-c3ccc(F)c(F)c3)nc12. The Hall–Kier alpha value is -3.02. The van der Waals surface area contributed by atoms with Crippen molar-refractivity contribution in [3.8, 4) is 17.3 Å². The molecule has 3 rings (SSSR count). The molecule has 0 fully saturated rings. The van der Waals surface area contributed by atoms with Crippen molar-refractivity contribution in [1.29, 1.82) is 5.26 Å². The lowest BCUT2D eigenvalue weighted by atomic mass is 10.1. The predicted molar refractivity (Wildman–Crippen MR) is 68.1 cm³/mol. The normalized spacial score (nSPS) is 11.7. The van der Waals surface area contributed by atoms with Gasteiger partial charge in [0.15, 0.2) is 23.0 Å². The number of nitrogens with zero attached hydrogens (tertiary/aromatic N) is 4. The molecule has 0 aliphatic heterocycles. The fourth-order valence-corrected chi connectivity index (χ4v) is 2.05. The third-order valence-corrected chi connectivity index (χ3v) is 3.10. The summed E-state index contributed by atoms with van der Waals surface area (Å²) in [5, 5.41) is 12.4. The van der Waals surface area contributed by atoms with Crippen LogP contribution in [0.15, 0.2) is 30.5 Å². The minimum atomic E-state index is -4.77. The molecular weight excluding hydrogens is 319 g/mol. The van der Waals surface area contributed by atoms with Gasteiger partial charge in [-0.05, 0) is 24.3 Å². The summed E-state index contributed by atoms with van der Waals surface area (Å²) in [4.78, 5) is 3.91. The van der Waals surface area contributed by atoms with Gasteiger partial charge in [0.25, 0.3) is 0 Å². The summed E-state index contributed by atoms with van der Waals surface area (Å²) < 4.78 is 66.3. The molecule has 0 unspecified atom stereocenters. The fraction of sp³-hybridized carbons (Fsp3) is 0.0714. The van der Waals surface area contributed by atoms with Crippen molar-refractivity contribution in [3.05, 3.63) is 53.4 Å². The molecule has 9 heteroatoms. The van der Waals surface area contributed by atoms with Crippen LogP contribution in [0.25, 0.3) is 16.9 Å². The van der Waals surface area contributed by atoms with E-state index in [2.05, 4.69) is 10.1 Å². The Labute approximate surface area is 125 Å². The van der Waals surface area contributed by atoms with Gasteiger partial charge in [-0.15, -0.1) is 0 Å². The van der Waals surface area contributed by atoms with Crippen molar-refractivity contribution in [1.82, 2.24) is 14.6 Å². The van der Waals surface area contributed by atoms with Crippen LogP contribution in [-0.4, -0.2) is 14.6 Å². The summed E-state index contributed by atoms with van der Waals surface area (Å²) in [7, 11) is 0. The molecule has 23 heavy (non-hydrogen) atoms. The average molecular weight is 324 g/mol. The first kappa shape index (κ1) is 14.9. The summed E-state index contributed by atoms with van der Waals surface area (Å²) in [5.41, 5.74) is -1.96. The van der Waals surface area contributed by atoms with E-state index in [0.29, 0.717) is 10.6 Å². The zero-order chi connectivity index (χ0) is 16.8. The average Bonchev–Trinajstić information content (AvgIpc) is 2.91. The molecule has 0 spiro atoms. The largest absolute Gasteiger partial charge is 0.433 e. The highest BCUT2D eigenvalue weighted by atomic mass is 19.4. The first-order chi connectivity index (χ1) is 10.8. The quantitative estimate of drug-likeness (QED) is 0.643. The van der Waals surface area contributed by atoms with Gasteiger partial charge in [-0.25, -0.2) is 18.3 Å². The maximum atomic E-state index is 13.3. The Morgan fingerprint density at radius 3 is 2.43 bits per heavy atom. The fourth-order valence-electron chi connectivity index (χ4n) is 2.05. The number of hydrogen-bond acceptors (Lipinski definition) is 3. The van der Waals surface area contributed by atoms with Gasteiger partial charge in [-0.1, -0.05) is 0 Å². The molecule has 0 atom stereocenters. The third-order valence-electron chi connectivity index (χ3n) is 3.10. The van der Waals surface area contributed by atoms with E-state index in [1.165, 1.54) is 0 Å². The number of halogens is 5. The van der Waals surface area contributed by atoms with Gasteiger partial charge in [-0.2, -0.15) is 23.5 Å². The molecule has 2 heterocycles. The molecule has 0 saturated heterocycles. The summed E-state index contributed by atoms with van der Waals surface area (Å²) in [6, 6.07) is 4.95. The van der Waals surface area contributed by atoms with E-state index in [-0.39, 0.29) is 22.5 Å². The number of hydrogen-bond donors (Lipinski definition) is 0. The van der Waals surface area contributed by atoms with E-state index in [9.17, 15) is 22.0 Å². The van der Waals surface area contributed by atoms with Gasteiger partial charge >= 0.3 is 6.18 Å². The molecule has 2 aromatic heterocycles. The van der Waals surface area contributed by atoms with Crippen LogP contribution in [0.2, 0.25) is 0 Å². The molecule has 4 nitrogen and oxygen atoms in total. The van der Waals surface area contributed by atoms with Crippen LogP contribution in [0.3, 0.4) is 0 Å². The highest BCUT2D eigenvalue weighted by molar-refractivity contribution is 5.65. The van der Waals surface area contributed by atoms with Crippen LogP contribution < -0.4 is 0 Å². The van der Waals surface area contributed by atoms with E-state index in [1.807, 2.05) is 0 Å². The molecule has 116 valence electrons. The monoisotopic (exact) mass is 324 g/mol. The molecule has 0 N–H and O–H groups in total. The van der Waals surface area contributed by atoms with Gasteiger partial charge in [0, 0.05) is 5.56 Å². The van der Waals surface area contributed by atoms with Gasteiger partial charge in [0.1, 0.15) is 11.6 Å². The summed E-state index contributed by atoms with van der Waals surface area (Å²) in [6.07, 6.45) is -3.82. The zero-order valence-corrected chi connectivity index (χ0v) is 11.1. The summed E-state index contributed by atoms with van der Waals surface area (Å²) in [5.74, 6) is -2.35. The van der Waals surface area contributed by atoms with Crippen molar-refractivity contribution >= 4 is 5.65 Å². The van der Waals surface area contributed by atoms with E-state index >= 15 is 0 Å². The van der Waals surface area contributed by atoms with Crippen LogP contribution in [0.5, 0.6) is 0 Å². The van der Waals surface area contributed by atoms with Crippen molar-refractivity contribution < 1.29 is 22.0 Å². The molecule has 0 aliphatic carbocycles. The maximum absolute atomic E-state index is 13.3. The van der Waals surface area contributed by atoms with Crippen LogP contribution in [0.4, 0.5) is 22.0 Å². The molecule has 0 aliphatic rings. The van der Waals surface area contributed by atoms with Crippen molar-refractivity contribution in [2.45, 2.75) is 6.18 Å². The van der Waals surface area contributed by atoms with E-state index in [0.717, 1.165) is 24.4 Å². The van der Waals surface area contributed by atoms with Crippen LogP contribution >= 0.6 is 0 Å². The van der Waals surface area contributed by atoms with Crippen molar-refractivity contribution in [2.75, 3.05) is 0 Å². The Kier molecular flexibility index (Phi) is 3.25. The highest BCUT2D eigenvalue weighted by Crippen LogP contribution is 2.32. The Balaban J connectivity index is 2.33. The number of fused-ring (bicyclic) bond motifs is 1. The third kappa shape index (κ3) is 2.48. The van der Waals surface area contributed by atoms with E-state index in [1.54, 1.807) is 6.07 Å². The molecule has 0 saturated carbocycles. The first-order valence-corrected chi connectivity index (χ1v) is 6.13. The lowest BCUT2D eigenvalue weighted by Gasteiger charge is -2.11. The van der Waals surface area contributed by atoms with Crippen LogP contribution in [0.1, 0.15) is 11.3 Å². The first-order valence-electron chi connectivity index (χ1n) is 6.13. The Bertz CT molecular complexity index is 952. The topological polar surface area (TPSA) is 54.0 Å². The number of alkyl halides is 3. The van der Waals surface area contributed by atoms with E-state index < -0.39 is 23.5 Å². The van der Waals surface area contributed by atoms with Crippen molar-refractivity contribution in [2.24, 2.45) is 0 Å². The number of nitriles is 1. The van der Waals surface area contributed by atoms with Crippen molar-refractivity contribution in [3.63, 3.8) is 0 Å². The summed E-state index contributed by atoms with van der Waals surface area (Å²) >= 11 is 0. The molecule has 0 radical (unpaired) electrons.